The summed E-state index contributed by atoms with van der Waals surface area (Å²) in [5, 5.41) is 6.29. The maximum Gasteiger partial charge on any atom is 0.419 e. The molecule has 0 aliphatic heterocycles. The number of nitrogens with one attached hydrogen (secondary N) is 1. The molecule has 1 aromatic heterocycles. The number of methoxy groups -OCH3 is 1. The maximum absolute atomic E-state index is 12.0. The number of anilines is 1. The van der Waals surface area contributed by atoms with E-state index >= 15 is 0 Å². The van der Waals surface area contributed by atoms with Crippen molar-refractivity contribution >= 4 is 17.9 Å². The normalized spacial score (nSPS) is 11.5. The minimum Gasteiger partial charge on any atom is -0.468 e. The summed E-state index contributed by atoms with van der Waals surface area (Å²) in [4.78, 5) is 23.4. The Morgan fingerprint density at radius 2 is 1.89 bits per heavy atom. The molecule has 144 valence electrons. The summed E-state index contributed by atoms with van der Waals surface area (Å²) in [7, 11) is 1.29. The monoisotopic (exact) mass is 383 g/mol. The van der Waals surface area contributed by atoms with Gasteiger partial charge in [0, 0.05) is 12.1 Å². The third kappa shape index (κ3) is 4.92. The zero-order chi connectivity index (χ0) is 19.9. The lowest BCUT2D eigenvalue weighted by Gasteiger charge is -2.09. The van der Waals surface area contributed by atoms with Gasteiger partial charge in [0.2, 0.25) is 11.0 Å². The number of esters is 1. The average Bonchev–Trinajstić information content (AvgIpc) is 3.17. The molecule has 28 heavy (non-hydrogen) atoms. The third-order valence-corrected chi connectivity index (χ3v) is 3.81. The van der Waals surface area contributed by atoms with Gasteiger partial charge >= 0.3 is 17.9 Å². The Labute approximate surface area is 160 Å². The van der Waals surface area contributed by atoms with E-state index in [1.807, 2.05) is 30.3 Å². The lowest BCUT2D eigenvalue weighted by atomic mass is 10.1. The fourth-order valence-electron chi connectivity index (χ4n) is 2.42. The first kappa shape index (κ1) is 19.1. The van der Waals surface area contributed by atoms with Gasteiger partial charge < -0.3 is 15.2 Å². The summed E-state index contributed by atoms with van der Waals surface area (Å²) < 4.78 is 16.3. The van der Waals surface area contributed by atoms with Gasteiger partial charge in [-0.1, -0.05) is 30.3 Å². The number of hydrogen-bond donors (Lipinski definition) is 2. The first-order valence-electron chi connectivity index (χ1n) is 8.40. The van der Waals surface area contributed by atoms with Gasteiger partial charge in [0.15, 0.2) is 0 Å². The lowest BCUT2D eigenvalue weighted by Crippen LogP contribution is -2.33. The Balaban J connectivity index is 1.55. The Morgan fingerprint density at radius 3 is 2.57 bits per heavy atom. The number of amides is 1. The number of carbonyl (C=O) groups excluding carboxylic acids is 2. The molecule has 0 bridgehead atoms. The van der Waals surface area contributed by atoms with Gasteiger partial charge in [-0.2, -0.15) is 0 Å². The summed E-state index contributed by atoms with van der Waals surface area (Å²) in [5.74, 6) is -0.0302. The van der Waals surface area contributed by atoms with Crippen LogP contribution in [0.4, 0.5) is 10.7 Å². The Kier molecular flexibility index (Phi) is 5.97. The van der Waals surface area contributed by atoms with Gasteiger partial charge in [0.05, 0.1) is 7.11 Å². The first-order chi connectivity index (χ1) is 13.5. The van der Waals surface area contributed by atoms with Gasteiger partial charge in [-0.3, -0.25) is 14.6 Å². The van der Waals surface area contributed by atoms with E-state index in [0.717, 1.165) is 11.3 Å². The van der Waals surface area contributed by atoms with Crippen molar-refractivity contribution in [2.45, 2.75) is 12.5 Å². The van der Waals surface area contributed by atoms with Gasteiger partial charge in [0.25, 0.3) is 6.20 Å². The second-order valence-electron chi connectivity index (χ2n) is 5.84. The van der Waals surface area contributed by atoms with Crippen molar-refractivity contribution in [2.24, 2.45) is 5.73 Å². The van der Waals surface area contributed by atoms with Crippen LogP contribution in [0.25, 0.3) is 5.69 Å². The lowest BCUT2D eigenvalue weighted by molar-refractivity contribution is -0.670. The van der Waals surface area contributed by atoms with Crippen molar-refractivity contribution in [3.8, 4) is 11.4 Å². The highest BCUT2D eigenvalue weighted by Crippen LogP contribution is 2.15. The van der Waals surface area contributed by atoms with E-state index in [1.54, 1.807) is 24.3 Å². The fraction of sp³-hybridized carbons (Fsp3) is 0.158. The van der Waals surface area contributed by atoms with Crippen molar-refractivity contribution in [2.75, 3.05) is 12.4 Å². The average molecular weight is 383 g/mol. The minimum absolute atomic E-state index is 0.134. The number of hydrogen-bond acceptors (Lipinski definition) is 7. The molecule has 0 saturated carbocycles. The molecule has 0 fully saturated rings. The number of carbonyl (C=O) groups is 2. The first-order valence-corrected chi connectivity index (χ1v) is 8.40. The van der Waals surface area contributed by atoms with Crippen LogP contribution in [-0.4, -0.2) is 30.5 Å². The van der Waals surface area contributed by atoms with Crippen molar-refractivity contribution in [3.05, 3.63) is 66.4 Å². The molecule has 3 N–H and O–H groups in total. The summed E-state index contributed by atoms with van der Waals surface area (Å²) in [6, 6.07) is 15.2. The maximum atomic E-state index is 12.0. The zero-order valence-electron chi connectivity index (χ0n) is 15.1. The predicted octanol–water partition coefficient (Wildman–Crippen LogP) is 1.60. The molecule has 3 rings (SSSR count). The molecule has 9 heteroatoms. The number of para-hydroxylation sites is 1. The van der Waals surface area contributed by atoms with E-state index < -0.39 is 18.1 Å². The molecule has 0 unspecified atom stereocenters. The van der Waals surface area contributed by atoms with Crippen LogP contribution in [0, 0.1) is 0 Å². The third-order valence-electron chi connectivity index (χ3n) is 3.81. The second kappa shape index (κ2) is 8.78. The van der Waals surface area contributed by atoms with E-state index in [4.69, 9.17) is 15.0 Å². The quantitative estimate of drug-likeness (QED) is 0.490. The molecule has 3 aromatic rings. The predicted molar refractivity (Wildman–Crippen MR) is 97.8 cm³/mol. The Morgan fingerprint density at radius 1 is 1.18 bits per heavy atom. The number of nitrogens with two attached hydrogens (primary N) is 1. The SMILES string of the molecule is COC(=O)[C@@H](N)Cc1ccc(OC(=O)Nc2c[n+](-c3ccccc3)no2)cc1. The fourth-order valence-corrected chi connectivity index (χ4v) is 2.42. The van der Waals surface area contributed by atoms with Crippen LogP contribution >= 0.6 is 0 Å². The van der Waals surface area contributed by atoms with E-state index in [-0.39, 0.29) is 5.88 Å². The molecule has 0 aliphatic rings. The molecule has 9 nitrogen and oxygen atoms in total. The van der Waals surface area contributed by atoms with Crippen LogP contribution in [0.1, 0.15) is 5.56 Å². The van der Waals surface area contributed by atoms with E-state index in [9.17, 15) is 9.59 Å². The molecular formula is C19H19N4O5+. The Bertz CT molecular complexity index is 940. The van der Waals surface area contributed by atoms with Crippen LogP contribution in [-0.2, 0) is 16.0 Å². The van der Waals surface area contributed by atoms with Gasteiger partial charge in [0.1, 0.15) is 11.8 Å². The van der Waals surface area contributed by atoms with E-state index in [2.05, 4.69) is 15.3 Å². The summed E-state index contributed by atoms with van der Waals surface area (Å²) in [6.07, 6.45) is 1.11. The highest BCUT2D eigenvalue weighted by atomic mass is 16.6. The molecule has 0 aliphatic carbocycles. The van der Waals surface area contributed by atoms with Gasteiger partial charge in [-0.05, 0) is 28.8 Å². The van der Waals surface area contributed by atoms with Crippen LogP contribution < -0.4 is 20.5 Å². The number of benzene rings is 2. The van der Waals surface area contributed by atoms with Crippen LogP contribution in [0.15, 0.2) is 65.3 Å². The molecule has 0 spiro atoms. The molecule has 0 saturated heterocycles. The van der Waals surface area contributed by atoms with Gasteiger partial charge in [-0.15, -0.1) is 0 Å². The largest absolute Gasteiger partial charge is 0.468 e. The van der Waals surface area contributed by atoms with Crippen molar-refractivity contribution in [1.29, 1.82) is 0 Å². The summed E-state index contributed by atoms with van der Waals surface area (Å²) >= 11 is 0. The molecule has 1 heterocycles. The summed E-state index contributed by atoms with van der Waals surface area (Å²) in [6.45, 7) is 0. The molecule has 2 aromatic carbocycles. The number of rotatable bonds is 6. The smallest absolute Gasteiger partial charge is 0.419 e. The number of nitrogens with zero attached hydrogens (tertiary/aromatic N) is 2. The van der Waals surface area contributed by atoms with E-state index in [1.165, 1.54) is 18.0 Å². The highest BCUT2D eigenvalue weighted by Gasteiger charge is 2.17. The van der Waals surface area contributed by atoms with Crippen LogP contribution in [0.2, 0.25) is 0 Å². The van der Waals surface area contributed by atoms with Gasteiger partial charge in [-0.25, -0.2) is 4.79 Å². The molecular weight excluding hydrogens is 364 g/mol. The number of aromatic nitrogens is 2. The zero-order valence-corrected chi connectivity index (χ0v) is 15.1. The minimum atomic E-state index is -0.747. The van der Waals surface area contributed by atoms with Crippen LogP contribution in [0.3, 0.4) is 0 Å². The summed E-state index contributed by atoms with van der Waals surface area (Å²) in [5.41, 5.74) is 7.32. The second-order valence-corrected chi connectivity index (χ2v) is 5.84. The highest BCUT2D eigenvalue weighted by molar-refractivity contribution is 5.84. The molecule has 0 radical (unpaired) electrons. The topological polar surface area (TPSA) is 121 Å². The van der Waals surface area contributed by atoms with E-state index in [0.29, 0.717) is 12.2 Å². The van der Waals surface area contributed by atoms with Crippen molar-refractivity contribution in [1.82, 2.24) is 5.27 Å². The van der Waals surface area contributed by atoms with Crippen LogP contribution in [0.5, 0.6) is 5.75 Å². The van der Waals surface area contributed by atoms with Crippen molar-refractivity contribution in [3.63, 3.8) is 0 Å². The molecule has 1 atom stereocenters. The number of ether oxygens (including phenoxy) is 2. The standard InChI is InChI=1S/C19H18N4O5/c1-26-18(24)16(20)11-13-7-9-15(10-8-13)27-19(25)21-17-12-23(22-28-17)14-5-3-2-4-6-14/h2-10,12,16H,11,20H2,1H3/p+1/t16-/m0/s1. The Hall–Kier alpha value is -3.72. The molecule has 1 amide bonds. The van der Waals surface area contributed by atoms with Crippen molar-refractivity contribution < 1.29 is 28.3 Å².